The summed E-state index contributed by atoms with van der Waals surface area (Å²) in [5.41, 5.74) is 12.2. The number of hydrogen-bond acceptors (Lipinski definition) is 1. The van der Waals surface area contributed by atoms with E-state index in [1.54, 1.807) is 0 Å². The van der Waals surface area contributed by atoms with Crippen LogP contribution in [-0.2, 0) is 5.41 Å². The molecular weight excluding hydrogens is 605 g/mol. The zero-order chi connectivity index (χ0) is 34.6. The highest BCUT2D eigenvalue weighted by Crippen LogP contribution is 2.56. The lowest BCUT2D eigenvalue weighted by molar-refractivity contribution is 0.603. The molecule has 1 heterocycles. The molecule has 0 aliphatic heterocycles. The highest BCUT2D eigenvalue weighted by Gasteiger charge is 2.40. The predicted molar refractivity (Wildman–Crippen MR) is 216 cm³/mol. The van der Waals surface area contributed by atoms with Crippen LogP contribution in [0.4, 0.5) is 0 Å². The lowest BCUT2D eigenvalue weighted by Crippen LogP contribution is -2.27. The zero-order valence-electron chi connectivity index (χ0n) is 29.8. The third-order valence-corrected chi connectivity index (χ3v) is 10.7. The quantitative estimate of drug-likeness (QED) is 0.186. The molecule has 0 saturated carbocycles. The maximum absolute atomic E-state index is 6.63. The fourth-order valence-electron chi connectivity index (χ4n) is 8.46. The maximum atomic E-state index is 6.63. The first-order valence-corrected chi connectivity index (χ1v) is 17.7. The molecule has 1 nitrogen and oxygen atoms in total. The van der Waals surface area contributed by atoms with Crippen molar-refractivity contribution in [2.45, 2.75) is 47.0 Å². The molecule has 0 saturated heterocycles. The van der Waals surface area contributed by atoms with Crippen LogP contribution in [0, 0.1) is 6.92 Å². The van der Waals surface area contributed by atoms with Crippen LogP contribution >= 0.6 is 0 Å². The first kappa shape index (κ1) is 31.6. The molecule has 0 fully saturated rings. The molecule has 0 atom stereocenters. The molecule has 244 valence electrons. The van der Waals surface area contributed by atoms with Gasteiger partial charge in [0.15, 0.2) is 0 Å². The largest absolute Gasteiger partial charge is 0.456 e. The summed E-state index contributed by atoms with van der Waals surface area (Å²) >= 11 is 0. The zero-order valence-corrected chi connectivity index (χ0v) is 29.8. The van der Waals surface area contributed by atoms with E-state index in [0.29, 0.717) is 0 Å². The number of allylic oxidation sites excluding steroid dienone is 1. The van der Waals surface area contributed by atoms with E-state index in [2.05, 4.69) is 187 Å². The Balaban J connectivity index is 1.46. The van der Waals surface area contributed by atoms with E-state index < -0.39 is 0 Å². The summed E-state index contributed by atoms with van der Waals surface area (Å²) in [5.74, 6) is 0.938. The van der Waals surface area contributed by atoms with Gasteiger partial charge in [0.1, 0.15) is 11.3 Å². The summed E-state index contributed by atoms with van der Waals surface area (Å²) < 4.78 is 6.63. The first-order valence-electron chi connectivity index (χ1n) is 17.7. The number of hydrogen-bond donors (Lipinski definition) is 0. The van der Waals surface area contributed by atoms with E-state index >= 15 is 0 Å². The number of fused-ring (bicyclic) bond motifs is 9. The van der Waals surface area contributed by atoms with Crippen LogP contribution in [0.2, 0.25) is 0 Å². The van der Waals surface area contributed by atoms with E-state index in [1.807, 2.05) is 0 Å². The van der Waals surface area contributed by atoms with Crippen LogP contribution in [0.3, 0.4) is 0 Å². The third-order valence-electron chi connectivity index (χ3n) is 10.7. The van der Waals surface area contributed by atoms with Crippen LogP contribution < -0.4 is 10.4 Å². The van der Waals surface area contributed by atoms with Gasteiger partial charge < -0.3 is 4.42 Å². The molecule has 1 aliphatic rings. The molecule has 8 rings (SSSR count). The van der Waals surface area contributed by atoms with Crippen LogP contribution in [0.1, 0.15) is 57.1 Å². The Morgan fingerprint density at radius 1 is 0.580 bits per heavy atom. The van der Waals surface area contributed by atoms with Gasteiger partial charge in [-0.2, -0.15) is 0 Å². The predicted octanol–water partition coefficient (Wildman–Crippen LogP) is 12.4. The van der Waals surface area contributed by atoms with Crippen molar-refractivity contribution in [3.8, 4) is 33.4 Å². The van der Waals surface area contributed by atoms with Crippen molar-refractivity contribution in [1.29, 1.82) is 0 Å². The van der Waals surface area contributed by atoms with Gasteiger partial charge in [0.05, 0.1) is 0 Å². The molecular formula is C49H42O. The molecule has 0 unspecified atom stereocenters. The number of furan rings is 1. The van der Waals surface area contributed by atoms with Crippen molar-refractivity contribution < 1.29 is 4.42 Å². The summed E-state index contributed by atoms with van der Waals surface area (Å²) in [6, 6.07) is 44.4. The van der Waals surface area contributed by atoms with Crippen molar-refractivity contribution in [2.75, 3.05) is 0 Å². The SMILES string of the molecule is C/C=C\c1oc2c(c1C)c1c(c3ccccc32)-c2cc(-c3ccccccc(-c4cccc5ccccc45)c(=C/C)/c3=C\C)ccc2C1(C)C. The molecule has 50 heavy (non-hydrogen) atoms. The van der Waals surface area contributed by atoms with Crippen LogP contribution in [0.25, 0.3) is 84.1 Å². The van der Waals surface area contributed by atoms with Gasteiger partial charge in [-0.1, -0.05) is 147 Å². The molecule has 0 radical (unpaired) electrons. The molecule has 0 spiro atoms. The fraction of sp³-hybridized carbons (Fsp3) is 0.143. The Bertz CT molecular complexity index is 2710. The lowest BCUT2D eigenvalue weighted by atomic mass is 9.79. The van der Waals surface area contributed by atoms with Gasteiger partial charge in [0.25, 0.3) is 0 Å². The Morgan fingerprint density at radius 2 is 1.20 bits per heavy atom. The van der Waals surface area contributed by atoms with E-state index in [4.69, 9.17) is 4.42 Å². The van der Waals surface area contributed by atoms with Crippen LogP contribution in [-0.4, -0.2) is 0 Å². The molecule has 6 aromatic carbocycles. The topological polar surface area (TPSA) is 13.1 Å². The normalized spacial score (nSPS) is 14.1. The smallest absolute Gasteiger partial charge is 0.143 e. The number of benzene rings is 5. The van der Waals surface area contributed by atoms with Gasteiger partial charge in [0, 0.05) is 21.8 Å². The summed E-state index contributed by atoms with van der Waals surface area (Å²) in [5, 5.41) is 8.58. The Morgan fingerprint density at radius 3 is 1.94 bits per heavy atom. The average Bonchev–Trinajstić information content (AvgIpc) is 3.58. The van der Waals surface area contributed by atoms with Crippen molar-refractivity contribution >= 4 is 50.7 Å². The van der Waals surface area contributed by atoms with Gasteiger partial charge in [0.2, 0.25) is 0 Å². The standard InChI is InChI=1S/C49H42O/c1-7-19-44-31(4)45-47-46(40-25-16-17-26-41(40)48(45)50-44)42-30-33(28-29-43(42)49(47,5)6)37-22-12-10-11-13-24-38(35(9-3)34(37)8-2)39-27-18-21-32-20-14-15-23-36(32)39/h7-30H,1-6H3/b12-10?,13-11?,19-7-,34-8+,35-9+,37-22?,38-24?. The molecule has 1 aliphatic carbocycles. The Hall–Kier alpha value is -5.66. The highest BCUT2D eigenvalue weighted by atomic mass is 16.3. The van der Waals surface area contributed by atoms with Gasteiger partial charge >= 0.3 is 0 Å². The molecule has 0 N–H and O–H groups in total. The van der Waals surface area contributed by atoms with E-state index in [-0.39, 0.29) is 5.41 Å². The molecule has 1 heteroatoms. The average molecular weight is 647 g/mol. The van der Waals surface area contributed by atoms with E-state index in [0.717, 1.165) is 16.7 Å². The Kier molecular flexibility index (Phi) is 7.80. The third kappa shape index (κ3) is 4.76. The van der Waals surface area contributed by atoms with Gasteiger partial charge in [-0.05, 0) is 111 Å². The second kappa shape index (κ2) is 12.3. The molecule has 1 aromatic heterocycles. The molecule has 0 bridgehead atoms. The second-order valence-electron chi connectivity index (χ2n) is 13.8. The summed E-state index contributed by atoms with van der Waals surface area (Å²) in [7, 11) is 0. The summed E-state index contributed by atoms with van der Waals surface area (Å²) in [4.78, 5) is 0. The Labute approximate surface area is 294 Å². The lowest BCUT2D eigenvalue weighted by Gasteiger charge is -2.23. The van der Waals surface area contributed by atoms with E-state index in [1.165, 1.54) is 82.1 Å². The van der Waals surface area contributed by atoms with E-state index in [9.17, 15) is 0 Å². The minimum Gasteiger partial charge on any atom is -0.456 e. The summed E-state index contributed by atoms with van der Waals surface area (Å²) in [6.07, 6.45) is 8.71. The highest BCUT2D eigenvalue weighted by molar-refractivity contribution is 6.17. The molecule has 0 amide bonds. The minimum atomic E-state index is -0.203. The van der Waals surface area contributed by atoms with Crippen molar-refractivity contribution in [3.05, 3.63) is 160 Å². The van der Waals surface area contributed by atoms with Crippen LogP contribution in [0.15, 0.2) is 132 Å². The summed E-state index contributed by atoms with van der Waals surface area (Å²) in [6.45, 7) is 13.3. The number of rotatable bonds is 3. The second-order valence-corrected chi connectivity index (χ2v) is 13.8. The minimum absolute atomic E-state index is 0.203. The van der Waals surface area contributed by atoms with Crippen molar-refractivity contribution in [1.82, 2.24) is 0 Å². The fourth-order valence-corrected chi connectivity index (χ4v) is 8.46. The van der Waals surface area contributed by atoms with Gasteiger partial charge in [-0.25, -0.2) is 0 Å². The monoisotopic (exact) mass is 646 g/mol. The van der Waals surface area contributed by atoms with Crippen LogP contribution in [0.5, 0.6) is 0 Å². The molecule has 7 aromatic rings. The van der Waals surface area contributed by atoms with Crippen molar-refractivity contribution in [3.63, 3.8) is 0 Å². The van der Waals surface area contributed by atoms with Crippen molar-refractivity contribution in [2.24, 2.45) is 0 Å². The number of aryl methyl sites for hydroxylation is 1. The van der Waals surface area contributed by atoms with Gasteiger partial charge in [-0.15, -0.1) is 0 Å². The van der Waals surface area contributed by atoms with Gasteiger partial charge in [-0.3, -0.25) is 0 Å². The first-order chi connectivity index (χ1) is 24.4. The maximum Gasteiger partial charge on any atom is 0.143 e.